The number of hydrogen-bond acceptors (Lipinski definition) is 6. The Morgan fingerprint density at radius 2 is 1.85 bits per heavy atom. The van der Waals surface area contributed by atoms with Gasteiger partial charge in [0.2, 0.25) is 11.0 Å². The van der Waals surface area contributed by atoms with Crippen LogP contribution in [0.2, 0.25) is 0 Å². The minimum Gasteiger partial charge on any atom is -0.494 e. The van der Waals surface area contributed by atoms with Crippen LogP contribution in [0.5, 0.6) is 5.75 Å². The van der Waals surface area contributed by atoms with Crippen molar-refractivity contribution in [2.45, 2.75) is 39.5 Å². The Kier molecular flexibility index (Phi) is 10.0. The monoisotopic (exact) mass is 544 g/mol. The summed E-state index contributed by atoms with van der Waals surface area (Å²) in [7, 11) is 0. The third-order valence-corrected chi connectivity index (χ3v) is 6.38. The van der Waals surface area contributed by atoms with Crippen molar-refractivity contribution < 1.29 is 14.3 Å². The number of carbonyl (C=O) groups is 2. The lowest BCUT2D eigenvalue weighted by Crippen LogP contribution is -2.34. The highest BCUT2D eigenvalue weighted by Gasteiger charge is 2.17. The van der Waals surface area contributed by atoms with Gasteiger partial charge in [0, 0.05) is 35.1 Å². The Labute approximate surface area is 212 Å². The van der Waals surface area contributed by atoms with Gasteiger partial charge in [-0.2, -0.15) is 0 Å². The Hall–Kier alpha value is -2.78. The number of amides is 2. The van der Waals surface area contributed by atoms with Gasteiger partial charge in [0.1, 0.15) is 10.8 Å². The van der Waals surface area contributed by atoms with Crippen LogP contribution in [0.4, 0.5) is 5.13 Å². The fourth-order valence-corrected chi connectivity index (χ4v) is 4.38. The van der Waals surface area contributed by atoms with Gasteiger partial charge in [0.05, 0.1) is 6.61 Å². The number of hydrogen-bond donors (Lipinski definition) is 1. The molecule has 0 saturated carbocycles. The molecule has 3 aromatic rings. The van der Waals surface area contributed by atoms with E-state index in [9.17, 15) is 9.59 Å². The molecule has 0 unspecified atom stereocenters. The van der Waals surface area contributed by atoms with Gasteiger partial charge in [-0.05, 0) is 49.2 Å². The van der Waals surface area contributed by atoms with Crippen molar-refractivity contribution in [1.82, 2.24) is 15.1 Å². The van der Waals surface area contributed by atoms with Gasteiger partial charge in [-0.3, -0.25) is 9.59 Å². The largest absolute Gasteiger partial charge is 0.494 e. The highest BCUT2D eigenvalue weighted by Crippen LogP contribution is 2.28. The van der Waals surface area contributed by atoms with Gasteiger partial charge in [0.25, 0.3) is 5.91 Å². The molecule has 2 amide bonds. The number of nitrogens with zero attached hydrogens (tertiary/aromatic N) is 3. The molecule has 0 fully saturated rings. The lowest BCUT2D eigenvalue weighted by atomic mass is 10.1. The molecule has 0 aliphatic carbocycles. The fourth-order valence-electron chi connectivity index (χ4n) is 3.23. The molecule has 0 atom stereocenters. The van der Waals surface area contributed by atoms with Crippen LogP contribution in [0.3, 0.4) is 0 Å². The summed E-state index contributed by atoms with van der Waals surface area (Å²) in [6, 6.07) is 14.9. The highest BCUT2D eigenvalue weighted by atomic mass is 79.9. The molecule has 1 aromatic heterocycles. The molecule has 2 aromatic carbocycles. The molecule has 1 heterocycles. The zero-order valence-corrected chi connectivity index (χ0v) is 21.8. The van der Waals surface area contributed by atoms with Crippen molar-refractivity contribution in [1.29, 1.82) is 0 Å². The van der Waals surface area contributed by atoms with E-state index in [1.54, 1.807) is 17.0 Å². The molecular weight excluding hydrogens is 516 g/mol. The minimum atomic E-state index is -0.203. The first-order valence-electron chi connectivity index (χ1n) is 11.4. The van der Waals surface area contributed by atoms with Crippen LogP contribution >= 0.6 is 27.3 Å². The minimum absolute atomic E-state index is 0.0948. The van der Waals surface area contributed by atoms with Gasteiger partial charge < -0.3 is 15.0 Å². The van der Waals surface area contributed by atoms with E-state index in [2.05, 4.69) is 38.4 Å². The normalized spacial score (nSPS) is 10.7. The molecule has 0 aliphatic heterocycles. The van der Waals surface area contributed by atoms with Crippen molar-refractivity contribution in [3.63, 3.8) is 0 Å². The maximum Gasteiger partial charge on any atom is 0.253 e. The lowest BCUT2D eigenvalue weighted by Gasteiger charge is -2.22. The summed E-state index contributed by atoms with van der Waals surface area (Å²) in [6.45, 7) is 5.69. The quantitative estimate of drug-likeness (QED) is 0.281. The Balaban J connectivity index is 1.54. The summed E-state index contributed by atoms with van der Waals surface area (Å²) < 4.78 is 6.62. The van der Waals surface area contributed by atoms with Crippen molar-refractivity contribution in [3.8, 4) is 16.3 Å². The van der Waals surface area contributed by atoms with Crippen LogP contribution in [-0.4, -0.2) is 46.6 Å². The Bertz CT molecular complexity index is 1090. The van der Waals surface area contributed by atoms with E-state index in [-0.39, 0.29) is 18.2 Å². The number of aromatic nitrogens is 2. The summed E-state index contributed by atoms with van der Waals surface area (Å²) >= 11 is 4.76. The molecule has 0 radical (unpaired) electrons. The van der Waals surface area contributed by atoms with Crippen LogP contribution in [0, 0.1) is 0 Å². The average molecular weight is 546 g/mol. The maximum absolute atomic E-state index is 13.0. The second-order valence-electron chi connectivity index (χ2n) is 7.74. The Morgan fingerprint density at radius 1 is 1.06 bits per heavy atom. The molecule has 7 nitrogen and oxygen atoms in total. The van der Waals surface area contributed by atoms with Gasteiger partial charge in [-0.1, -0.05) is 59.7 Å². The van der Waals surface area contributed by atoms with E-state index in [0.29, 0.717) is 30.4 Å². The molecule has 0 spiro atoms. The van der Waals surface area contributed by atoms with E-state index in [1.807, 2.05) is 43.3 Å². The van der Waals surface area contributed by atoms with E-state index in [1.165, 1.54) is 11.3 Å². The van der Waals surface area contributed by atoms with Crippen molar-refractivity contribution in [2.24, 2.45) is 0 Å². The van der Waals surface area contributed by atoms with Crippen molar-refractivity contribution >= 4 is 44.2 Å². The van der Waals surface area contributed by atoms with Gasteiger partial charge in [-0.25, -0.2) is 0 Å². The fraction of sp³-hybridized carbons (Fsp3) is 0.360. The molecule has 180 valence electrons. The molecule has 3 rings (SSSR count). The molecule has 0 aliphatic rings. The summed E-state index contributed by atoms with van der Waals surface area (Å²) in [4.78, 5) is 27.2. The number of nitrogens with one attached hydrogen (secondary N) is 1. The molecule has 0 bridgehead atoms. The highest BCUT2D eigenvalue weighted by molar-refractivity contribution is 9.10. The number of carbonyl (C=O) groups excluding carboxylic acids is 2. The number of ether oxygens (including phenoxy) is 1. The first-order valence-corrected chi connectivity index (χ1v) is 13.0. The van der Waals surface area contributed by atoms with Crippen LogP contribution in [-0.2, 0) is 4.79 Å². The second kappa shape index (κ2) is 13.2. The zero-order chi connectivity index (χ0) is 24.3. The maximum atomic E-state index is 13.0. The Morgan fingerprint density at radius 3 is 2.56 bits per heavy atom. The third-order valence-electron chi connectivity index (χ3n) is 5.00. The number of unbranched alkanes of at least 4 members (excludes halogenated alkanes) is 1. The molecule has 9 heteroatoms. The summed E-state index contributed by atoms with van der Waals surface area (Å²) in [5.74, 6) is 0.457. The molecule has 1 N–H and O–H groups in total. The van der Waals surface area contributed by atoms with Gasteiger partial charge in [0.15, 0.2) is 0 Å². The number of benzene rings is 2. The standard InChI is InChI=1S/C25H29BrN4O3S/c1-3-5-16-33-21-11-9-18(10-12-21)24(32)30(14-4-2)15-13-22(31)27-25-29-28-23(34-25)19-7-6-8-20(26)17-19/h6-12,17H,3-5,13-16H2,1-2H3,(H,27,29,31). The first-order chi connectivity index (χ1) is 16.5. The predicted octanol–water partition coefficient (Wildman–Crippen LogP) is 6.03. The van der Waals surface area contributed by atoms with Crippen LogP contribution in [0.15, 0.2) is 53.0 Å². The lowest BCUT2D eigenvalue weighted by molar-refractivity contribution is -0.116. The summed E-state index contributed by atoms with van der Waals surface area (Å²) in [5, 5.41) is 12.2. The predicted molar refractivity (Wildman–Crippen MR) is 139 cm³/mol. The summed E-state index contributed by atoms with van der Waals surface area (Å²) in [5.41, 5.74) is 1.51. The zero-order valence-electron chi connectivity index (χ0n) is 19.4. The van der Waals surface area contributed by atoms with E-state index < -0.39 is 0 Å². The van der Waals surface area contributed by atoms with Crippen molar-refractivity contribution in [2.75, 3.05) is 25.0 Å². The molecule has 0 saturated heterocycles. The summed E-state index contributed by atoms with van der Waals surface area (Å²) in [6.07, 6.45) is 3.05. The molecule has 34 heavy (non-hydrogen) atoms. The SMILES string of the molecule is CCCCOc1ccc(C(=O)N(CCC)CCC(=O)Nc2nnc(-c3cccc(Br)c3)s2)cc1. The second-order valence-corrected chi connectivity index (χ2v) is 9.63. The van der Waals surface area contributed by atoms with Crippen molar-refractivity contribution in [3.05, 3.63) is 58.6 Å². The number of rotatable bonds is 12. The van der Waals surface area contributed by atoms with E-state index in [0.717, 1.165) is 40.1 Å². The van der Waals surface area contributed by atoms with Crippen LogP contribution < -0.4 is 10.1 Å². The number of anilines is 1. The average Bonchev–Trinajstić information content (AvgIpc) is 3.30. The first kappa shape index (κ1) is 25.8. The van der Waals surface area contributed by atoms with Gasteiger partial charge in [-0.15, -0.1) is 10.2 Å². The van der Waals surface area contributed by atoms with Crippen LogP contribution in [0.1, 0.15) is 49.9 Å². The number of halogens is 1. The van der Waals surface area contributed by atoms with Crippen LogP contribution in [0.25, 0.3) is 10.6 Å². The van der Waals surface area contributed by atoms with E-state index in [4.69, 9.17) is 4.74 Å². The third kappa shape index (κ3) is 7.63. The topological polar surface area (TPSA) is 84.4 Å². The van der Waals surface area contributed by atoms with Gasteiger partial charge >= 0.3 is 0 Å². The smallest absolute Gasteiger partial charge is 0.253 e. The van der Waals surface area contributed by atoms with E-state index >= 15 is 0 Å². The molecular formula is C25H29BrN4O3S.